The number of nitrogens with zero attached hydrogens (tertiary/aromatic N) is 3. The molecule has 0 atom stereocenters. The summed E-state index contributed by atoms with van der Waals surface area (Å²) in [4.78, 5) is 22.0. The summed E-state index contributed by atoms with van der Waals surface area (Å²) in [6.45, 7) is 0. The third-order valence-corrected chi connectivity index (χ3v) is 4.91. The van der Waals surface area contributed by atoms with Crippen molar-refractivity contribution in [3.05, 3.63) is 86.9 Å². The largest absolute Gasteiger partial charge is 0.278 e. The lowest BCUT2D eigenvalue weighted by atomic mass is 10.2. The van der Waals surface area contributed by atoms with Crippen LogP contribution < -0.4 is 5.56 Å². The standard InChI is InChI=1S/C19H12ClN3OS/c20-17-15(9-8-13-5-4-10-21-11-13)22-19-23(18(17)24)16(12-25-19)14-6-2-1-3-7-14/h1-12H/b9-8+. The highest BCUT2D eigenvalue weighted by Gasteiger charge is 2.14. The highest BCUT2D eigenvalue weighted by atomic mass is 35.5. The monoisotopic (exact) mass is 365 g/mol. The van der Waals surface area contributed by atoms with E-state index in [1.54, 1.807) is 22.9 Å². The Bertz CT molecular complexity index is 1120. The van der Waals surface area contributed by atoms with Gasteiger partial charge in [-0.15, -0.1) is 11.3 Å². The first-order chi connectivity index (χ1) is 12.2. The molecule has 6 heteroatoms. The molecule has 0 saturated heterocycles. The molecule has 3 heterocycles. The zero-order valence-corrected chi connectivity index (χ0v) is 14.5. The Labute approximate surface area is 152 Å². The van der Waals surface area contributed by atoms with E-state index in [1.165, 1.54) is 11.3 Å². The maximum atomic E-state index is 12.8. The normalized spacial score (nSPS) is 11.4. The van der Waals surface area contributed by atoms with Crippen molar-refractivity contribution in [3.8, 4) is 11.3 Å². The first-order valence-corrected chi connectivity index (χ1v) is 8.83. The van der Waals surface area contributed by atoms with Gasteiger partial charge in [-0.2, -0.15) is 0 Å². The summed E-state index contributed by atoms with van der Waals surface area (Å²) in [5.41, 5.74) is 2.85. The molecule has 0 saturated carbocycles. The second-order valence-electron chi connectivity index (χ2n) is 5.34. The van der Waals surface area contributed by atoms with Crippen LogP contribution in [-0.4, -0.2) is 14.4 Å². The maximum Gasteiger partial charge on any atom is 0.278 e. The van der Waals surface area contributed by atoms with Crippen LogP contribution in [0.15, 0.2) is 65.0 Å². The summed E-state index contributed by atoms with van der Waals surface area (Å²) in [5.74, 6) is 0. The molecule has 25 heavy (non-hydrogen) atoms. The van der Waals surface area contributed by atoms with E-state index in [0.717, 1.165) is 16.8 Å². The van der Waals surface area contributed by atoms with Crippen LogP contribution in [0.3, 0.4) is 0 Å². The molecule has 0 aliphatic carbocycles. The Morgan fingerprint density at radius 3 is 2.68 bits per heavy atom. The molecule has 0 fully saturated rings. The van der Waals surface area contributed by atoms with Gasteiger partial charge < -0.3 is 0 Å². The van der Waals surface area contributed by atoms with Gasteiger partial charge in [0.2, 0.25) is 0 Å². The molecule has 3 aromatic heterocycles. The Kier molecular flexibility index (Phi) is 4.17. The Morgan fingerprint density at radius 1 is 1.08 bits per heavy atom. The van der Waals surface area contributed by atoms with Crippen LogP contribution in [0.25, 0.3) is 28.4 Å². The van der Waals surface area contributed by atoms with Crippen molar-refractivity contribution >= 4 is 40.1 Å². The fraction of sp³-hybridized carbons (Fsp3) is 0. The molecule has 4 nitrogen and oxygen atoms in total. The number of pyridine rings is 1. The van der Waals surface area contributed by atoms with Crippen molar-refractivity contribution < 1.29 is 0 Å². The van der Waals surface area contributed by atoms with Crippen LogP contribution >= 0.6 is 22.9 Å². The maximum absolute atomic E-state index is 12.8. The molecule has 4 aromatic rings. The molecule has 0 spiro atoms. The van der Waals surface area contributed by atoms with Crippen LogP contribution in [0.5, 0.6) is 0 Å². The Morgan fingerprint density at radius 2 is 1.92 bits per heavy atom. The summed E-state index contributed by atoms with van der Waals surface area (Å²) in [6.07, 6.45) is 7.01. The van der Waals surface area contributed by atoms with E-state index in [2.05, 4.69) is 9.97 Å². The number of hydrogen-bond acceptors (Lipinski definition) is 4. The minimum atomic E-state index is -0.266. The first kappa shape index (κ1) is 15.7. The average Bonchev–Trinajstić information content (AvgIpc) is 3.09. The van der Waals surface area contributed by atoms with E-state index in [0.29, 0.717) is 10.7 Å². The van der Waals surface area contributed by atoms with Crippen molar-refractivity contribution in [3.63, 3.8) is 0 Å². The molecule has 0 aliphatic rings. The van der Waals surface area contributed by atoms with E-state index in [-0.39, 0.29) is 10.6 Å². The topological polar surface area (TPSA) is 47.3 Å². The van der Waals surface area contributed by atoms with Crippen LogP contribution in [0, 0.1) is 0 Å². The summed E-state index contributed by atoms with van der Waals surface area (Å²) in [6, 6.07) is 13.5. The average molecular weight is 366 g/mol. The SMILES string of the molecule is O=c1c(Cl)c(/C=C/c2cccnc2)nc2scc(-c3ccccc3)n12. The first-order valence-electron chi connectivity index (χ1n) is 7.57. The lowest BCUT2D eigenvalue weighted by molar-refractivity contribution is 1.08. The zero-order chi connectivity index (χ0) is 17.2. The molecule has 0 N–H and O–H groups in total. The van der Waals surface area contributed by atoms with Gasteiger partial charge in [0.1, 0.15) is 5.02 Å². The van der Waals surface area contributed by atoms with Crippen molar-refractivity contribution in [2.24, 2.45) is 0 Å². The van der Waals surface area contributed by atoms with Gasteiger partial charge in [0.05, 0.1) is 11.4 Å². The van der Waals surface area contributed by atoms with Gasteiger partial charge >= 0.3 is 0 Å². The fourth-order valence-electron chi connectivity index (χ4n) is 2.52. The molecule has 1 aromatic carbocycles. The fourth-order valence-corrected chi connectivity index (χ4v) is 3.60. The van der Waals surface area contributed by atoms with Gasteiger partial charge in [-0.3, -0.25) is 9.78 Å². The Balaban J connectivity index is 1.84. The van der Waals surface area contributed by atoms with Gasteiger partial charge in [0.25, 0.3) is 5.56 Å². The van der Waals surface area contributed by atoms with Crippen molar-refractivity contribution in [1.82, 2.24) is 14.4 Å². The molecule has 0 aliphatic heterocycles. The van der Waals surface area contributed by atoms with Crippen molar-refractivity contribution in [2.45, 2.75) is 0 Å². The minimum Gasteiger partial charge on any atom is -0.267 e. The molecular weight excluding hydrogens is 354 g/mol. The Hall–Kier alpha value is -2.76. The summed E-state index contributed by atoms with van der Waals surface area (Å²) >= 11 is 7.71. The van der Waals surface area contributed by atoms with E-state index < -0.39 is 0 Å². The summed E-state index contributed by atoms with van der Waals surface area (Å²) < 4.78 is 1.56. The van der Waals surface area contributed by atoms with Crippen molar-refractivity contribution in [1.29, 1.82) is 0 Å². The zero-order valence-electron chi connectivity index (χ0n) is 13.0. The van der Waals surface area contributed by atoms with E-state index in [9.17, 15) is 4.79 Å². The second kappa shape index (κ2) is 6.63. The van der Waals surface area contributed by atoms with E-state index in [1.807, 2.05) is 53.9 Å². The highest BCUT2D eigenvalue weighted by molar-refractivity contribution is 7.15. The van der Waals surface area contributed by atoms with E-state index in [4.69, 9.17) is 11.6 Å². The molecule has 122 valence electrons. The number of halogens is 1. The number of fused-ring (bicyclic) bond motifs is 1. The number of aromatic nitrogens is 3. The third-order valence-electron chi connectivity index (χ3n) is 3.73. The third kappa shape index (κ3) is 2.99. The second-order valence-corrected chi connectivity index (χ2v) is 6.56. The summed E-state index contributed by atoms with van der Waals surface area (Å²) in [7, 11) is 0. The summed E-state index contributed by atoms with van der Waals surface area (Å²) in [5, 5.41) is 2.03. The number of benzene rings is 1. The molecule has 4 rings (SSSR count). The smallest absolute Gasteiger partial charge is 0.267 e. The van der Waals surface area contributed by atoms with Crippen LogP contribution in [0.4, 0.5) is 0 Å². The molecule has 0 bridgehead atoms. The number of rotatable bonds is 3. The van der Waals surface area contributed by atoms with Crippen LogP contribution in [0.2, 0.25) is 5.02 Å². The number of hydrogen-bond donors (Lipinski definition) is 0. The lowest BCUT2D eigenvalue weighted by Gasteiger charge is -2.03. The molecule has 0 unspecified atom stereocenters. The van der Waals surface area contributed by atoms with Crippen LogP contribution in [0.1, 0.15) is 11.3 Å². The van der Waals surface area contributed by atoms with Gasteiger partial charge in [-0.05, 0) is 23.3 Å². The predicted octanol–water partition coefficient (Wildman–Crippen LogP) is 4.64. The van der Waals surface area contributed by atoms with Gasteiger partial charge in [0, 0.05) is 17.8 Å². The van der Waals surface area contributed by atoms with Gasteiger partial charge in [-0.25, -0.2) is 9.38 Å². The predicted molar refractivity (Wildman–Crippen MR) is 103 cm³/mol. The van der Waals surface area contributed by atoms with Crippen LogP contribution in [-0.2, 0) is 0 Å². The molecule has 0 radical (unpaired) electrons. The molecular formula is C19H12ClN3OS. The lowest BCUT2D eigenvalue weighted by Crippen LogP contribution is -2.16. The minimum absolute atomic E-state index is 0.105. The van der Waals surface area contributed by atoms with Crippen molar-refractivity contribution in [2.75, 3.05) is 0 Å². The quantitative estimate of drug-likeness (QED) is 0.531. The van der Waals surface area contributed by atoms with Gasteiger partial charge in [-0.1, -0.05) is 54.1 Å². The highest BCUT2D eigenvalue weighted by Crippen LogP contribution is 2.25. The number of thiazole rings is 1. The molecule has 0 amide bonds. The van der Waals surface area contributed by atoms with E-state index >= 15 is 0 Å². The van der Waals surface area contributed by atoms with Gasteiger partial charge in [0.15, 0.2) is 4.96 Å².